The van der Waals surface area contributed by atoms with E-state index in [0.29, 0.717) is 17.9 Å². The fraction of sp³-hybridized carbons (Fsp3) is 0.188. The lowest BCUT2D eigenvalue weighted by Gasteiger charge is -2.08. The van der Waals surface area contributed by atoms with Gasteiger partial charge in [0, 0.05) is 18.8 Å². The summed E-state index contributed by atoms with van der Waals surface area (Å²) in [5.74, 6) is 0.411. The molecule has 112 valence electrons. The molecule has 0 saturated heterocycles. The molecule has 0 bridgehead atoms. The van der Waals surface area contributed by atoms with Crippen molar-refractivity contribution in [3.63, 3.8) is 0 Å². The fourth-order valence-electron chi connectivity index (χ4n) is 2.12. The molecule has 0 saturated carbocycles. The fourth-order valence-corrected chi connectivity index (χ4v) is 2.12. The summed E-state index contributed by atoms with van der Waals surface area (Å²) in [5.41, 5.74) is 1.69. The van der Waals surface area contributed by atoms with Gasteiger partial charge in [0.2, 0.25) is 5.90 Å². The third-order valence-corrected chi connectivity index (χ3v) is 3.07. The molecule has 3 rings (SSSR count). The number of aromatic nitrogens is 2. The molecule has 0 spiro atoms. The molecule has 0 unspecified atom stereocenters. The van der Waals surface area contributed by atoms with Crippen LogP contribution in [0.1, 0.15) is 18.1 Å². The summed E-state index contributed by atoms with van der Waals surface area (Å²) in [6.07, 6.45) is 5.09. The van der Waals surface area contributed by atoms with Gasteiger partial charge in [-0.1, -0.05) is 12.1 Å². The van der Waals surface area contributed by atoms with Crippen LogP contribution >= 0.6 is 0 Å². The molecular weight excluding hydrogens is 282 g/mol. The number of cyclic esters (lactones) is 1. The second kappa shape index (κ2) is 5.85. The van der Waals surface area contributed by atoms with Gasteiger partial charge in [-0.2, -0.15) is 5.10 Å². The van der Waals surface area contributed by atoms with Crippen molar-refractivity contribution >= 4 is 17.9 Å². The van der Waals surface area contributed by atoms with Gasteiger partial charge in [0.15, 0.2) is 5.70 Å². The standard InChI is InChI=1S/C16H15N3O3/c1-3-21-14-7-5-4-6-12(14)15-18-13(16(20)22-15)8-11-9-17-19(2)10-11/h4-10H,3H2,1-2H3/b13-8-. The molecule has 0 fully saturated rings. The van der Waals surface area contributed by atoms with E-state index in [4.69, 9.17) is 9.47 Å². The second-order valence-corrected chi connectivity index (χ2v) is 4.71. The number of aryl methyl sites for hydroxylation is 1. The highest BCUT2D eigenvalue weighted by atomic mass is 16.6. The summed E-state index contributed by atoms with van der Waals surface area (Å²) in [4.78, 5) is 16.2. The number of hydrogen-bond donors (Lipinski definition) is 0. The molecule has 1 aromatic carbocycles. The number of benzene rings is 1. The third kappa shape index (κ3) is 2.76. The van der Waals surface area contributed by atoms with Crippen LogP contribution in [0.25, 0.3) is 6.08 Å². The SMILES string of the molecule is CCOc1ccccc1C1=N/C(=C\c2cnn(C)c2)C(=O)O1. The number of ether oxygens (including phenoxy) is 2. The van der Waals surface area contributed by atoms with Gasteiger partial charge < -0.3 is 9.47 Å². The zero-order chi connectivity index (χ0) is 15.5. The van der Waals surface area contributed by atoms with Crippen molar-refractivity contribution in [1.29, 1.82) is 0 Å². The lowest BCUT2D eigenvalue weighted by atomic mass is 10.2. The first-order chi connectivity index (χ1) is 10.7. The minimum atomic E-state index is -0.481. The van der Waals surface area contributed by atoms with Crippen molar-refractivity contribution in [2.24, 2.45) is 12.0 Å². The molecule has 6 nitrogen and oxygen atoms in total. The van der Waals surface area contributed by atoms with E-state index in [0.717, 1.165) is 5.56 Å². The van der Waals surface area contributed by atoms with E-state index >= 15 is 0 Å². The molecule has 0 N–H and O–H groups in total. The van der Waals surface area contributed by atoms with Crippen LogP contribution in [0.2, 0.25) is 0 Å². The Balaban J connectivity index is 1.95. The van der Waals surface area contributed by atoms with Crippen molar-refractivity contribution in [2.45, 2.75) is 6.92 Å². The van der Waals surface area contributed by atoms with Crippen LogP contribution in [0, 0.1) is 0 Å². The van der Waals surface area contributed by atoms with Gasteiger partial charge in [0.05, 0.1) is 18.4 Å². The third-order valence-electron chi connectivity index (χ3n) is 3.07. The average Bonchev–Trinajstić information content (AvgIpc) is 3.07. The molecule has 2 heterocycles. The van der Waals surface area contributed by atoms with Crippen molar-refractivity contribution in [3.8, 4) is 5.75 Å². The van der Waals surface area contributed by atoms with E-state index in [1.165, 1.54) is 0 Å². The Kier molecular flexibility index (Phi) is 3.74. The van der Waals surface area contributed by atoms with Gasteiger partial charge in [-0.3, -0.25) is 4.68 Å². The Hall–Kier alpha value is -2.89. The Labute approximate surface area is 127 Å². The summed E-state index contributed by atoms with van der Waals surface area (Å²) in [5, 5.41) is 4.05. The number of para-hydroxylation sites is 1. The summed E-state index contributed by atoms with van der Waals surface area (Å²) >= 11 is 0. The highest BCUT2D eigenvalue weighted by Crippen LogP contribution is 2.25. The van der Waals surface area contributed by atoms with Crippen LogP contribution in [-0.2, 0) is 16.6 Å². The molecule has 22 heavy (non-hydrogen) atoms. The Morgan fingerprint density at radius 3 is 2.91 bits per heavy atom. The van der Waals surface area contributed by atoms with Crippen LogP contribution in [0.3, 0.4) is 0 Å². The number of aliphatic imine (C=N–C) groups is 1. The molecule has 6 heteroatoms. The van der Waals surface area contributed by atoms with E-state index in [2.05, 4.69) is 10.1 Å². The lowest BCUT2D eigenvalue weighted by molar-refractivity contribution is -0.129. The largest absolute Gasteiger partial charge is 0.493 e. The van der Waals surface area contributed by atoms with Crippen molar-refractivity contribution in [3.05, 3.63) is 53.5 Å². The molecule has 2 aromatic rings. The molecule has 1 aliphatic heterocycles. The lowest BCUT2D eigenvalue weighted by Crippen LogP contribution is -2.07. The van der Waals surface area contributed by atoms with Crippen LogP contribution in [0.5, 0.6) is 5.75 Å². The Morgan fingerprint density at radius 2 is 2.18 bits per heavy atom. The first kappa shape index (κ1) is 14.1. The highest BCUT2D eigenvalue weighted by molar-refractivity contribution is 6.13. The quantitative estimate of drug-likeness (QED) is 0.641. The highest BCUT2D eigenvalue weighted by Gasteiger charge is 2.26. The number of hydrogen-bond acceptors (Lipinski definition) is 5. The molecule has 0 radical (unpaired) electrons. The monoisotopic (exact) mass is 297 g/mol. The van der Waals surface area contributed by atoms with E-state index < -0.39 is 5.97 Å². The average molecular weight is 297 g/mol. The maximum atomic E-state index is 12.0. The predicted octanol–water partition coefficient (Wildman–Crippen LogP) is 2.16. The first-order valence-corrected chi connectivity index (χ1v) is 6.91. The maximum Gasteiger partial charge on any atom is 0.363 e. The van der Waals surface area contributed by atoms with E-state index in [1.54, 1.807) is 23.2 Å². The summed E-state index contributed by atoms with van der Waals surface area (Å²) in [6, 6.07) is 7.33. The Morgan fingerprint density at radius 1 is 1.36 bits per heavy atom. The zero-order valence-corrected chi connectivity index (χ0v) is 12.3. The number of carbonyl (C=O) groups is 1. The van der Waals surface area contributed by atoms with Crippen molar-refractivity contribution < 1.29 is 14.3 Å². The van der Waals surface area contributed by atoms with Gasteiger partial charge in [-0.25, -0.2) is 9.79 Å². The van der Waals surface area contributed by atoms with E-state index in [-0.39, 0.29) is 11.6 Å². The van der Waals surface area contributed by atoms with Gasteiger partial charge in [-0.05, 0) is 25.1 Å². The van der Waals surface area contributed by atoms with E-state index in [9.17, 15) is 4.79 Å². The minimum Gasteiger partial charge on any atom is -0.493 e. The minimum absolute atomic E-state index is 0.245. The van der Waals surface area contributed by atoms with Crippen LogP contribution in [0.4, 0.5) is 0 Å². The van der Waals surface area contributed by atoms with Crippen molar-refractivity contribution in [1.82, 2.24) is 9.78 Å². The van der Waals surface area contributed by atoms with Crippen LogP contribution < -0.4 is 4.74 Å². The molecule has 0 aliphatic carbocycles. The molecule has 0 amide bonds. The summed E-state index contributed by atoms with van der Waals surface area (Å²) < 4.78 is 12.5. The van der Waals surface area contributed by atoms with Crippen LogP contribution in [-0.4, -0.2) is 28.3 Å². The molecule has 1 aromatic heterocycles. The smallest absolute Gasteiger partial charge is 0.363 e. The van der Waals surface area contributed by atoms with Gasteiger partial charge in [0.1, 0.15) is 5.75 Å². The summed E-state index contributed by atoms with van der Waals surface area (Å²) in [6.45, 7) is 2.42. The Bertz CT molecular complexity index is 774. The van der Waals surface area contributed by atoms with Gasteiger partial charge in [-0.15, -0.1) is 0 Å². The van der Waals surface area contributed by atoms with Gasteiger partial charge >= 0.3 is 5.97 Å². The molecular formula is C16H15N3O3. The number of nitrogens with zero attached hydrogens (tertiary/aromatic N) is 3. The van der Waals surface area contributed by atoms with Gasteiger partial charge in [0.25, 0.3) is 0 Å². The second-order valence-electron chi connectivity index (χ2n) is 4.71. The molecule has 0 atom stereocenters. The van der Waals surface area contributed by atoms with Crippen molar-refractivity contribution in [2.75, 3.05) is 6.61 Å². The number of rotatable bonds is 4. The maximum absolute atomic E-state index is 12.0. The predicted molar refractivity (Wildman–Crippen MR) is 81.4 cm³/mol. The van der Waals surface area contributed by atoms with E-state index in [1.807, 2.05) is 38.2 Å². The summed E-state index contributed by atoms with van der Waals surface area (Å²) in [7, 11) is 1.81. The zero-order valence-electron chi connectivity index (χ0n) is 12.3. The molecule has 1 aliphatic rings. The topological polar surface area (TPSA) is 65.7 Å². The first-order valence-electron chi connectivity index (χ1n) is 6.91. The normalized spacial score (nSPS) is 15.8. The van der Waals surface area contributed by atoms with Crippen LogP contribution in [0.15, 0.2) is 47.3 Å². The number of esters is 1. The number of carbonyl (C=O) groups excluding carboxylic acids is 1.